The Labute approximate surface area is 196 Å². The zero-order valence-electron chi connectivity index (χ0n) is 19.6. The summed E-state index contributed by atoms with van der Waals surface area (Å²) >= 11 is 0. The van der Waals surface area contributed by atoms with Crippen LogP contribution in [0.5, 0.6) is 5.75 Å². The number of anilines is 2. The summed E-state index contributed by atoms with van der Waals surface area (Å²) in [5, 5.41) is 14.7. The van der Waals surface area contributed by atoms with Gasteiger partial charge in [0.05, 0.1) is 25.9 Å². The molecular weight excluding hydrogens is 416 g/mol. The van der Waals surface area contributed by atoms with E-state index in [1.807, 2.05) is 24.4 Å². The topological polar surface area (TPSA) is 71.4 Å². The average molecular weight is 451 g/mol. The number of nitrogens with zero attached hydrogens (tertiary/aromatic N) is 4. The normalized spacial score (nSPS) is 23.4. The monoisotopic (exact) mass is 450 g/mol. The second-order valence-corrected chi connectivity index (χ2v) is 9.21. The molecule has 0 bridgehead atoms. The molecule has 0 aliphatic carbocycles. The molecule has 8 nitrogen and oxygen atoms in total. The van der Waals surface area contributed by atoms with Crippen molar-refractivity contribution in [3.63, 3.8) is 0 Å². The molecule has 0 saturated carbocycles. The minimum atomic E-state index is 0.269. The standard InChI is InChI=1S/C25H34N6O2/c1-19-16-30(32)17-20-18-31(25-21(24(19)20)6-5-9-26-25)27-10-11-28-12-14-29(15-13-28)22-7-3-4-8-23(22)33-2/h3-9,19,27,30H,10-18H2,1-2H3. The van der Waals surface area contributed by atoms with Crippen LogP contribution in [0.2, 0.25) is 0 Å². The molecular formula is C25H34N6O2. The predicted molar refractivity (Wildman–Crippen MR) is 131 cm³/mol. The molecule has 176 valence electrons. The van der Waals surface area contributed by atoms with Crippen molar-refractivity contribution in [3.05, 3.63) is 58.9 Å². The highest BCUT2D eigenvalue weighted by Gasteiger charge is 2.33. The van der Waals surface area contributed by atoms with Gasteiger partial charge in [-0.15, -0.1) is 0 Å². The van der Waals surface area contributed by atoms with Gasteiger partial charge in [-0.05, 0) is 29.8 Å². The molecule has 1 aromatic heterocycles. The number of fused-ring (bicyclic) bond motifs is 2. The van der Waals surface area contributed by atoms with Crippen LogP contribution >= 0.6 is 0 Å². The third-order valence-corrected chi connectivity index (χ3v) is 7.03. The van der Waals surface area contributed by atoms with Crippen molar-refractivity contribution in [3.8, 4) is 5.75 Å². The van der Waals surface area contributed by atoms with Crippen molar-refractivity contribution in [2.24, 2.45) is 5.92 Å². The van der Waals surface area contributed by atoms with Crippen LogP contribution in [0.1, 0.15) is 12.5 Å². The second-order valence-electron chi connectivity index (χ2n) is 9.21. The Kier molecular flexibility index (Phi) is 6.50. The zero-order chi connectivity index (χ0) is 22.8. The lowest BCUT2D eigenvalue weighted by Gasteiger charge is -2.41. The largest absolute Gasteiger partial charge is 0.634 e. The van der Waals surface area contributed by atoms with Crippen molar-refractivity contribution < 1.29 is 9.80 Å². The van der Waals surface area contributed by atoms with Gasteiger partial charge in [0.25, 0.3) is 0 Å². The average Bonchev–Trinajstić information content (AvgIpc) is 2.84. The maximum Gasteiger partial charge on any atom is 0.150 e. The molecule has 2 atom stereocenters. The van der Waals surface area contributed by atoms with Crippen LogP contribution in [-0.2, 0) is 0 Å². The first-order valence-electron chi connectivity index (χ1n) is 11.9. The van der Waals surface area contributed by atoms with E-state index in [-0.39, 0.29) is 5.92 Å². The van der Waals surface area contributed by atoms with Crippen molar-refractivity contribution in [1.29, 1.82) is 0 Å². The Hall–Kier alpha value is -2.65. The highest BCUT2D eigenvalue weighted by Crippen LogP contribution is 2.37. The molecule has 5 rings (SSSR count). The van der Waals surface area contributed by atoms with E-state index in [0.29, 0.717) is 18.2 Å². The predicted octanol–water partition coefficient (Wildman–Crippen LogP) is 1.02. The van der Waals surface area contributed by atoms with E-state index in [1.54, 1.807) is 7.11 Å². The Morgan fingerprint density at radius 3 is 2.79 bits per heavy atom. The van der Waals surface area contributed by atoms with Crippen molar-refractivity contribution in [2.75, 3.05) is 75.9 Å². The Morgan fingerprint density at radius 1 is 1.15 bits per heavy atom. The maximum atomic E-state index is 12.2. The molecule has 1 aromatic carbocycles. The molecule has 0 radical (unpaired) electrons. The summed E-state index contributed by atoms with van der Waals surface area (Å²) in [6.45, 7) is 9.95. The highest BCUT2D eigenvalue weighted by molar-refractivity contribution is 5.81. The lowest BCUT2D eigenvalue weighted by molar-refractivity contribution is -0.847. The quantitative estimate of drug-likeness (QED) is 0.637. The number of quaternary nitrogens is 1. The molecule has 0 spiro atoms. The van der Waals surface area contributed by atoms with Gasteiger partial charge in [-0.1, -0.05) is 19.1 Å². The molecule has 1 saturated heterocycles. The number of piperazine rings is 1. The summed E-state index contributed by atoms with van der Waals surface area (Å²) in [5.74, 6) is 2.19. The Balaban J connectivity index is 1.18. The molecule has 3 aliphatic rings. The molecule has 1 fully saturated rings. The van der Waals surface area contributed by atoms with Gasteiger partial charge in [0.1, 0.15) is 12.3 Å². The molecule has 2 N–H and O–H groups in total. The fourth-order valence-electron chi connectivity index (χ4n) is 5.46. The van der Waals surface area contributed by atoms with Crippen LogP contribution in [0.4, 0.5) is 11.5 Å². The number of nitrogens with one attached hydrogen (secondary N) is 2. The van der Waals surface area contributed by atoms with Crippen molar-refractivity contribution in [2.45, 2.75) is 6.92 Å². The molecule has 8 heteroatoms. The van der Waals surface area contributed by atoms with E-state index < -0.39 is 0 Å². The van der Waals surface area contributed by atoms with E-state index in [2.05, 4.69) is 50.3 Å². The number of hydrogen-bond acceptors (Lipinski definition) is 7. The maximum absolute atomic E-state index is 12.2. The molecule has 2 unspecified atom stereocenters. The fraction of sp³-hybridized carbons (Fsp3) is 0.480. The Bertz CT molecular complexity index is 1000. The summed E-state index contributed by atoms with van der Waals surface area (Å²) < 4.78 is 5.54. The number of benzene rings is 1. The van der Waals surface area contributed by atoms with E-state index in [9.17, 15) is 5.21 Å². The van der Waals surface area contributed by atoms with Gasteiger partial charge >= 0.3 is 0 Å². The first-order valence-corrected chi connectivity index (χ1v) is 11.9. The van der Waals surface area contributed by atoms with Crippen LogP contribution in [0, 0.1) is 11.1 Å². The number of hydrogen-bond donors (Lipinski definition) is 2. The van der Waals surface area contributed by atoms with E-state index >= 15 is 0 Å². The number of para-hydroxylation sites is 2. The Morgan fingerprint density at radius 2 is 1.97 bits per heavy atom. The molecule has 33 heavy (non-hydrogen) atoms. The highest BCUT2D eigenvalue weighted by atomic mass is 16.5. The van der Waals surface area contributed by atoms with Crippen molar-refractivity contribution >= 4 is 17.1 Å². The third-order valence-electron chi connectivity index (χ3n) is 7.03. The van der Waals surface area contributed by atoms with Crippen LogP contribution in [0.3, 0.4) is 0 Å². The summed E-state index contributed by atoms with van der Waals surface area (Å²) in [7, 11) is 1.73. The van der Waals surface area contributed by atoms with Gasteiger partial charge in [-0.2, -0.15) is 0 Å². The summed E-state index contributed by atoms with van der Waals surface area (Å²) in [4.78, 5) is 9.59. The van der Waals surface area contributed by atoms with E-state index in [4.69, 9.17) is 4.74 Å². The van der Waals surface area contributed by atoms with Crippen LogP contribution in [0.25, 0.3) is 5.57 Å². The molecule has 4 heterocycles. The lowest BCUT2D eigenvalue weighted by Crippen LogP contribution is -3.09. The van der Waals surface area contributed by atoms with Crippen LogP contribution in [0.15, 0.2) is 48.2 Å². The molecule has 0 amide bonds. The van der Waals surface area contributed by atoms with E-state index in [1.165, 1.54) is 22.4 Å². The fourth-order valence-corrected chi connectivity index (χ4v) is 5.46. The SMILES string of the molecule is COc1ccccc1N1CCN(CCNN2CC3=C(c4cccnc42)C(C)C[NH+]([O-])C3)CC1. The second kappa shape index (κ2) is 9.69. The molecule has 2 aromatic rings. The van der Waals surface area contributed by atoms with E-state index in [0.717, 1.165) is 57.4 Å². The number of hydrazine groups is 1. The number of pyridine rings is 1. The lowest BCUT2D eigenvalue weighted by atomic mass is 9.84. The minimum Gasteiger partial charge on any atom is -0.634 e. The van der Waals surface area contributed by atoms with Gasteiger partial charge in [-0.3, -0.25) is 9.91 Å². The van der Waals surface area contributed by atoms with Gasteiger partial charge < -0.3 is 19.9 Å². The summed E-state index contributed by atoms with van der Waals surface area (Å²) in [5.41, 5.74) is 8.54. The first-order chi connectivity index (χ1) is 16.1. The van der Waals surface area contributed by atoms with Crippen molar-refractivity contribution in [1.82, 2.24) is 15.3 Å². The van der Waals surface area contributed by atoms with Gasteiger partial charge in [0.2, 0.25) is 0 Å². The number of rotatable bonds is 6. The van der Waals surface area contributed by atoms with Crippen LogP contribution < -0.4 is 25.1 Å². The third kappa shape index (κ3) is 4.56. The van der Waals surface area contributed by atoms with Gasteiger partial charge in [0.15, 0.2) is 5.82 Å². The number of methoxy groups -OCH3 is 1. The van der Waals surface area contributed by atoms with Gasteiger partial charge in [0, 0.05) is 62.5 Å². The summed E-state index contributed by atoms with van der Waals surface area (Å²) in [6, 6.07) is 12.4. The minimum absolute atomic E-state index is 0.269. The summed E-state index contributed by atoms with van der Waals surface area (Å²) in [6.07, 6.45) is 1.86. The van der Waals surface area contributed by atoms with Gasteiger partial charge in [-0.25, -0.2) is 10.4 Å². The van der Waals surface area contributed by atoms with Crippen LogP contribution in [-0.4, -0.2) is 75.9 Å². The zero-order valence-corrected chi connectivity index (χ0v) is 19.6. The molecule has 3 aliphatic heterocycles. The number of hydroxylamine groups is 2. The first kappa shape index (κ1) is 22.2. The number of ether oxygens (including phenoxy) is 1. The smallest absolute Gasteiger partial charge is 0.150 e. The number of aromatic nitrogens is 1.